The molecule has 2 unspecified atom stereocenters. The lowest BCUT2D eigenvalue weighted by atomic mass is 9.58. The van der Waals surface area contributed by atoms with Gasteiger partial charge in [-0.2, -0.15) is 0 Å². The Kier molecular flexibility index (Phi) is 2.66. The van der Waals surface area contributed by atoms with E-state index in [0.29, 0.717) is 5.41 Å². The van der Waals surface area contributed by atoms with Gasteiger partial charge in [0.15, 0.2) is 0 Å². The van der Waals surface area contributed by atoms with E-state index >= 15 is 0 Å². The average molecular weight is 194 g/mol. The molecule has 0 spiro atoms. The average Bonchev–Trinajstić information content (AvgIpc) is 2.23. The highest BCUT2D eigenvalue weighted by Crippen LogP contribution is 2.56. The zero-order valence-electron chi connectivity index (χ0n) is 10.2. The van der Waals surface area contributed by atoms with Crippen molar-refractivity contribution in [3.8, 4) is 0 Å². The van der Waals surface area contributed by atoms with Gasteiger partial charge in [-0.25, -0.2) is 0 Å². The maximum absolute atomic E-state index is 2.55. The van der Waals surface area contributed by atoms with Crippen LogP contribution in [0.5, 0.6) is 0 Å². The van der Waals surface area contributed by atoms with Gasteiger partial charge in [0.05, 0.1) is 0 Å². The van der Waals surface area contributed by atoms with Crippen molar-refractivity contribution >= 4 is 0 Å². The standard InChI is InChI=1S/C14H26/c1-12(2)14-9-5-4-7-13(3,11-14)8-6-10-14/h12H,4-11H2,1-3H3. The lowest BCUT2D eigenvalue weighted by Gasteiger charge is -2.47. The first-order valence-corrected chi connectivity index (χ1v) is 6.56. The molecular weight excluding hydrogens is 168 g/mol. The zero-order valence-corrected chi connectivity index (χ0v) is 10.2. The van der Waals surface area contributed by atoms with Crippen molar-refractivity contribution in [2.75, 3.05) is 0 Å². The van der Waals surface area contributed by atoms with E-state index in [4.69, 9.17) is 0 Å². The smallest absolute Gasteiger partial charge is 0.0269 e. The van der Waals surface area contributed by atoms with Gasteiger partial charge in [-0.1, -0.05) is 40.0 Å². The summed E-state index contributed by atoms with van der Waals surface area (Å²) < 4.78 is 0. The van der Waals surface area contributed by atoms with Crippen molar-refractivity contribution in [2.24, 2.45) is 16.7 Å². The van der Waals surface area contributed by atoms with E-state index in [0.717, 1.165) is 11.3 Å². The van der Waals surface area contributed by atoms with Crippen LogP contribution in [0, 0.1) is 16.7 Å². The molecule has 0 aliphatic heterocycles. The molecule has 0 N–H and O–H groups in total. The van der Waals surface area contributed by atoms with Gasteiger partial charge < -0.3 is 0 Å². The zero-order chi connectivity index (χ0) is 10.2. The third-order valence-corrected chi connectivity index (χ3v) is 5.16. The topological polar surface area (TPSA) is 0 Å². The molecular formula is C14H26. The van der Waals surface area contributed by atoms with Crippen LogP contribution in [-0.2, 0) is 0 Å². The maximum atomic E-state index is 2.55. The molecule has 0 heterocycles. The summed E-state index contributed by atoms with van der Waals surface area (Å²) in [7, 11) is 0. The Labute approximate surface area is 89.5 Å². The second-order valence-corrected chi connectivity index (χ2v) is 6.57. The van der Waals surface area contributed by atoms with E-state index in [1.165, 1.54) is 51.4 Å². The Hall–Kier alpha value is 0. The lowest BCUT2D eigenvalue weighted by molar-refractivity contribution is 0.0342. The quantitative estimate of drug-likeness (QED) is 0.563. The van der Waals surface area contributed by atoms with E-state index < -0.39 is 0 Å². The van der Waals surface area contributed by atoms with Crippen LogP contribution in [0.1, 0.15) is 72.1 Å². The summed E-state index contributed by atoms with van der Waals surface area (Å²) in [6, 6.07) is 0. The second-order valence-electron chi connectivity index (χ2n) is 6.57. The van der Waals surface area contributed by atoms with Crippen molar-refractivity contribution in [3.05, 3.63) is 0 Å². The second kappa shape index (κ2) is 3.54. The Balaban J connectivity index is 2.22. The molecule has 14 heavy (non-hydrogen) atoms. The van der Waals surface area contributed by atoms with Gasteiger partial charge in [-0.15, -0.1) is 0 Å². The monoisotopic (exact) mass is 194 g/mol. The summed E-state index contributed by atoms with van der Waals surface area (Å²) in [5.41, 5.74) is 1.43. The molecule has 0 aromatic rings. The van der Waals surface area contributed by atoms with Crippen LogP contribution in [0.3, 0.4) is 0 Å². The van der Waals surface area contributed by atoms with Gasteiger partial charge in [0.2, 0.25) is 0 Å². The normalized spacial score (nSPS) is 43.7. The molecule has 0 nitrogen and oxygen atoms in total. The van der Waals surface area contributed by atoms with Gasteiger partial charge in [-0.3, -0.25) is 0 Å². The fourth-order valence-corrected chi connectivity index (χ4v) is 4.13. The van der Waals surface area contributed by atoms with Crippen molar-refractivity contribution in [2.45, 2.75) is 72.1 Å². The number of fused-ring (bicyclic) bond motifs is 2. The van der Waals surface area contributed by atoms with Crippen LogP contribution >= 0.6 is 0 Å². The van der Waals surface area contributed by atoms with E-state index in [1.54, 1.807) is 0 Å². The Bertz CT molecular complexity index is 206. The van der Waals surface area contributed by atoms with E-state index in [9.17, 15) is 0 Å². The molecule has 0 aromatic heterocycles. The molecule has 0 amide bonds. The van der Waals surface area contributed by atoms with E-state index in [1.807, 2.05) is 0 Å². The minimum Gasteiger partial charge on any atom is -0.0622 e. The first-order chi connectivity index (χ1) is 6.56. The first-order valence-electron chi connectivity index (χ1n) is 6.56. The fraction of sp³-hybridized carbons (Fsp3) is 1.00. The predicted molar refractivity (Wildman–Crippen MR) is 62.3 cm³/mol. The highest BCUT2D eigenvalue weighted by atomic mass is 14.5. The molecule has 0 radical (unpaired) electrons. The number of rotatable bonds is 1. The number of hydrogen-bond acceptors (Lipinski definition) is 0. The Morgan fingerprint density at radius 1 is 0.857 bits per heavy atom. The van der Waals surface area contributed by atoms with E-state index in [-0.39, 0.29) is 0 Å². The van der Waals surface area contributed by atoms with Crippen LogP contribution in [0.25, 0.3) is 0 Å². The van der Waals surface area contributed by atoms with E-state index in [2.05, 4.69) is 20.8 Å². The third-order valence-electron chi connectivity index (χ3n) is 5.16. The highest BCUT2D eigenvalue weighted by molar-refractivity contribution is 4.95. The minimum atomic E-state index is 0.707. The summed E-state index contributed by atoms with van der Waals surface area (Å²) in [6.45, 7) is 7.46. The highest BCUT2D eigenvalue weighted by Gasteiger charge is 2.44. The molecule has 0 heteroatoms. The van der Waals surface area contributed by atoms with Gasteiger partial charge in [0.1, 0.15) is 0 Å². The van der Waals surface area contributed by atoms with Crippen molar-refractivity contribution in [3.63, 3.8) is 0 Å². The molecule has 0 saturated heterocycles. The summed E-state index contributed by atoms with van der Waals surface area (Å²) in [6.07, 6.45) is 12.0. The largest absolute Gasteiger partial charge is 0.0622 e. The third kappa shape index (κ3) is 1.73. The summed E-state index contributed by atoms with van der Waals surface area (Å²) in [5, 5.41) is 0. The molecule has 2 atom stereocenters. The predicted octanol–water partition coefficient (Wildman–Crippen LogP) is 4.78. The van der Waals surface area contributed by atoms with Crippen LogP contribution in [0.15, 0.2) is 0 Å². The lowest BCUT2D eigenvalue weighted by Crippen LogP contribution is -2.36. The summed E-state index contributed by atoms with van der Waals surface area (Å²) >= 11 is 0. The van der Waals surface area contributed by atoms with Gasteiger partial charge in [-0.05, 0) is 48.9 Å². The molecule has 2 fully saturated rings. The Morgan fingerprint density at radius 2 is 1.43 bits per heavy atom. The summed E-state index contributed by atoms with van der Waals surface area (Å²) in [5.74, 6) is 0.903. The van der Waals surface area contributed by atoms with Crippen LogP contribution in [0.4, 0.5) is 0 Å². The van der Waals surface area contributed by atoms with Gasteiger partial charge in [0, 0.05) is 0 Å². The SMILES string of the molecule is CC(C)C12CCCCC(C)(CCC1)C2. The first kappa shape index (κ1) is 10.5. The van der Waals surface area contributed by atoms with Gasteiger partial charge >= 0.3 is 0 Å². The molecule has 2 bridgehead atoms. The molecule has 82 valence electrons. The molecule has 0 aromatic carbocycles. The van der Waals surface area contributed by atoms with Crippen LogP contribution < -0.4 is 0 Å². The molecule has 2 saturated carbocycles. The summed E-state index contributed by atoms with van der Waals surface area (Å²) in [4.78, 5) is 0. The molecule has 2 aliphatic rings. The van der Waals surface area contributed by atoms with Crippen molar-refractivity contribution < 1.29 is 0 Å². The molecule has 2 rings (SSSR count). The fourth-order valence-electron chi connectivity index (χ4n) is 4.13. The number of hydrogen-bond donors (Lipinski definition) is 0. The van der Waals surface area contributed by atoms with Crippen molar-refractivity contribution in [1.82, 2.24) is 0 Å². The minimum absolute atomic E-state index is 0.707. The van der Waals surface area contributed by atoms with Gasteiger partial charge in [0.25, 0.3) is 0 Å². The van der Waals surface area contributed by atoms with Crippen molar-refractivity contribution in [1.29, 1.82) is 0 Å². The Morgan fingerprint density at radius 3 is 2.14 bits per heavy atom. The van der Waals surface area contributed by atoms with Crippen LogP contribution in [-0.4, -0.2) is 0 Å². The van der Waals surface area contributed by atoms with Crippen LogP contribution in [0.2, 0.25) is 0 Å². The molecule has 2 aliphatic carbocycles. The maximum Gasteiger partial charge on any atom is -0.0269 e.